The van der Waals surface area contributed by atoms with E-state index in [1.807, 2.05) is 42.5 Å². The van der Waals surface area contributed by atoms with Crippen LogP contribution in [0.25, 0.3) is 16.8 Å². The summed E-state index contributed by atoms with van der Waals surface area (Å²) in [5, 5.41) is 18.2. The maximum Gasteiger partial charge on any atom is 0.283 e. The normalized spacial score (nSPS) is 18.3. The Morgan fingerprint density at radius 3 is 2.67 bits per heavy atom. The van der Waals surface area contributed by atoms with Crippen LogP contribution in [0.5, 0.6) is 0 Å². The van der Waals surface area contributed by atoms with E-state index in [9.17, 15) is 4.79 Å². The van der Waals surface area contributed by atoms with Gasteiger partial charge in [0.15, 0.2) is 5.84 Å². The molecule has 6 heteroatoms. The fraction of sp³-hybridized carbons (Fsp3) is 0.238. The number of nitrogens with one attached hydrogen (secondary N) is 1. The van der Waals surface area contributed by atoms with Gasteiger partial charge in [-0.3, -0.25) is 10.2 Å². The summed E-state index contributed by atoms with van der Waals surface area (Å²) in [6, 6.07) is 13.9. The van der Waals surface area contributed by atoms with Gasteiger partial charge in [0.1, 0.15) is 5.04 Å². The second-order valence-corrected chi connectivity index (χ2v) is 7.53. The lowest BCUT2D eigenvalue weighted by molar-refractivity contribution is -0.114. The molecular formula is C21H20N4OS. The van der Waals surface area contributed by atoms with Crippen LogP contribution in [0.4, 0.5) is 0 Å². The topological polar surface area (TPSA) is 68.9 Å². The quantitative estimate of drug-likeness (QED) is 0.772. The number of carbonyl (C=O) groups excluding carboxylic acids is 1. The largest absolute Gasteiger partial charge is 0.283 e. The number of hydrogen-bond donors (Lipinski definition) is 1. The van der Waals surface area contributed by atoms with E-state index >= 15 is 0 Å². The molecule has 0 spiro atoms. The summed E-state index contributed by atoms with van der Waals surface area (Å²) in [7, 11) is 0. The van der Waals surface area contributed by atoms with Gasteiger partial charge in [0.25, 0.3) is 5.91 Å². The van der Waals surface area contributed by atoms with Crippen LogP contribution in [0.1, 0.15) is 32.3 Å². The van der Waals surface area contributed by atoms with Crippen LogP contribution < -0.4 is 0 Å². The van der Waals surface area contributed by atoms with Crippen LogP contribution in [-0.4, -0.2) is 27.0 Å². The van der Waals surface area contributed by atoms with Gasteiger partial charge < -0.3 is 0 Å². The maximum atomic E-state index is 12.6. The average molecular weight is 376 g/mol. The number of carbonyl (C=O) groups is 1. The monoisotopic (exact) mass is 376 g/mol. The van der Waals surface area contributed by atoms with Crippen molar-refractivity contribution >= 4 is 50.6 Å². The van der Waals surface area contributed by atoms with Crippen molar-refractivity contribution in [3.05, 3.63) is 53.6 Å². The lowest BCUT2D eigenvalue weighted by Gasteiger charge is -2.20. The van der Waals surface area contributed by atoms with E-state index in [1.165, 1.54) is 16.8 Å². The molecule has 0 saturated carbocycles. The number of benzene rings is 2. The molecule has 0 radical (unpaired) electrons. The number of amidine groups is 2. The SMILES string of the molecule is CCC(CC)C1=NN2C(=N)/C(=C/c3cccc4ccccc34)C(=O)N=C2S1. The van der Waals surface area contributed by atoms with Crippen LogP contribution in [0.3, 0.4) is 0 Å². The standard InChI is InChI=1S/C21H20N4OS/c1-3-13(4-2)20-24-25-18(22)17(19(26)23-21(25)27-20)12-15-10-7-9-14-8-5-6-11-16(14)15/h5-13,22H,3-4H2,1-2H3/b17-12-,22-18?. The van der Waals surface area contributed by atoms with Gasteiger partial charge in [-0.05, 0) is 47.0 Å². The third-order valence-corrected chi connectivity index (χ3v) is 6.00. The van der Waals surface area contributed by atoms with Gasteiger partial charge in [0.05, 0.1) is 5.57 Å². The molecule has 0 fully saturated rings. The molecule has 1 N–H and O–H groups in total. The minimum absolute atomic E-state index is 0.0893. The number of rotatable bonds is 4. The van der Waals surface area contributed by atoms with Gasteiger partial charge >= 0.3 is 0 Å². The van der Waals surface area contributed by atoms with Crippen LogP contribution in [0, 0.1) is 11.3 Å². The molecule has 2 aliphatic heterocycles. The van der Waals surface area contributed by atoms with E-state index in [-0.39, 0.29) is 17.3 Å². The highest BCUT2D eigenvalue weighted by Gasteiger charge is 2.37. The van der Waals surface area contributed by atoms with Gasteiger partial charge in [-0.15, -0.1) is 0 Å². The molecule has 5 nitrogen and oxygen atoms in total. The molecule has 0 bridgehead atoms. The summed E-state index contributed by atoms with van der Waals surface area (Å²) in [6.45, 7) is 4.25. The van der Waals surface area contributed by atoms with Gasteiger partial charge in [-0.1, -0.05) is 56.3 Å². The zero-order chi connectivity index (χ0) is 19.0. The molecule has 2 aromatic carbocycles. The Balaban J connectivity index is 1.74. The summed E-state index contributed by atoms with van der Waals surface area (Å²) in [5.41, 5.74) is 1.17. The number of hydrazone groups is 1. The van der Waals surface area contributed by atoms with Crippen molar-refractivity contribution in [2.24, 2.45) is 16.0 Å². The van der Waals surface area contributed by atoms with Crippen molar-refractivity contribution in [2.75, 3.05) is 0 Å². The second-order valence-electron chi connectivity index (χ2n) is 6.54. The van der Waals surface area contributed by atoms with E-state index in [1.54, 1.807) is 6.08 Å². The molecule has 0 atom stereocenters. The molecule has 27 heavy (non-hydrogen) atoms. The summed E-state index contributed by atoms with van der Waals surface area (Å²) in [6.07, 6.45) is 3.70. The molecule has 0 aliphatic carbocycles. The fourth-order valence-electron chi connectivity index (χ4n) is 3.34. The molecule has 2 aliphatic rings. The van der Waals surface area contributed by atoms with Crippen LogP contribution in [0.15, 0.2) is 58.1 Å². The zero-order valence-corrected chi connectivity index (χ0v) is 16.1. The molecule has 2 aromatic rings. The molecule has 136 valence electrons. The number of hydrogen-bond acceptors (Lipinski definition) is 4. The fourth-order valence-corrected chi connectivity index (χ4v) is 4.50. The van der Waals surface area contributed by atoms with Gasteiger partial charge in [-0.25, -0.2) is 0 Å². The summed E-state index contributed by atoms with van der Waals surface area (Å²) < 4.78 is 0. The lowest BCUT2D eigenvalue weighted by atomic mass is 10.0. The number of fused-ring (bicyclic) bond motifs is 2. The summed E-state index contributed by atoms with van der Waals surface area (Å²) in [5.74, 6) is 0.0378. The molecular weight excluding hydrogens is 356 g/mol. The van der Waals surface area contributed by atoms with Gasteiger partial charge in [0.2, 0.25) is 5.17 Å². The van der Waals surface area contributed by atoms with Crippen molar-refractivity contribution in [3.8, 4) is 0 Å². The Morgan fingerprint density at radius 1 is 1.15 bits per heavy atom. The second kappa shape index (κ2) is 7.12. The van der Waals surface area contributed by atoms with Crippen LogP contribution in [-0.2, 0) is 4.79 Å². The number of nitrogens with zero attached hydrogens (tertiary/aromatic N) is 3. The van der Waals surface area contributed by atoms with Crippen molar-refractivity contribution in [1.82, 2.24) is 5.01 Å². The molecule has 4 rings (SSSR count). The number of thioether (sulfide) groups is 1. The lowest BCUT2D eigenvalue weighted by Crippen LogP contribution is -2.35. The summed E-state index contributed by atoms with van der Waals surface area (Å²) in [4.78, 5) is 16.8. The Kier molecular flexibility index (Phi) is 4.66. The predicted molar refractivity (Wildman–Crippen MR) is 113 cm³/mol. The molecule has 0 saturated heterocycles. The van der Waals surface area contributed by atoms with Gasteiger partial charge in [0, 0.05) is 5.92 Å². The van der Waals surface area contributed by atoms with Crippen molar-refractivity contribution in [1.29, 1.82) is 5.41 Å². The van der Waals surface area contributed by atoms with Crippen molar-refractivity contribution in [2.45, 2.75) is 26.7 Å². The first-order valence-electron chi connectivity index (χ1n) is 9.10. The molecule has 0 unspecified atom stereocenters. The van der Waals surface area contributed by atoms with Crippen molar-refractivity contribution < 1.29 is 4.79 Å². The van der Waals surface area contributed by atoms with E-state index in [4.69, 9.17) is 5.41 Å². The van der Waals surface area contributed by atoms with Crippen LogP contribution >= 0.6 is 11.8 Å². The van der Waals surface area contributed by atoms with Crippen molar-refractivity contribution in [3.63, 3.8) is 0 Å². The number of aliphatic imine (C=N–C) groups is 1. The predicted octanol–water partition coefficient (Wildman–Crippen LogP) is 4.90. The highest BCUT2D eigenvalue weighted by molar-refractivity contribution is 8.27. The average Bonchev–Trinajstić information content (AvgIpc) is 3.10. The Labute approximate surface area is 162 Å². The van der Waals surface area contributed by atoms with E-state index in [0.717, 1.165) is 34.2 Å². The highest BCUT2D eigenvalue weighted by atomic mass is 32.2. The Bertz CT molecular complexity index is 1030. The van der Waals surface area contributed by atoms with Gasteiger partial charge in [-0.2, -0.15) is 15.1 Å². The third kappa shape index (κ3) is 3.10. The molecule has 0 aromatic heterocycles. The smallest absolute Gasteiger partial charge is 0.282 e. The Morgan fingerprint density at radius 2 is 1.89 bits per heavy atom. The minimum Gasteiger partial charge on any atom is -0.282 e. The first-order chi connectivity index (χ1) is 13.1. The first-order valence-corrected chi connectivity index (χ1v) is 9.92. The zero-order valence-electron chi connectivity index (χ0n) is 15.3. The van der Waals surface area contributed by atoms with E-state index in [0.29, 0.717) is 11.1 Å². The molecule has 2 heterocycles. The number of amides is 1. The van der Waals surface area contributed by atoms with E-state index < -0.39 is 0 Å². The van der Waals surface area contributed by atoms with Crippen LogP contribution in [0.2, 0.25) is 0 Å². The Hall–Kier alpha value is -2.73. The minimum atomic E-state index is -0.382. The first kappa shape index (κ1) is 17.7. The summed E-state index contributed by atoms with van der Waals surface area (Å²) >= 11 is 1.41. The van der Waals surface area contributed by atoms with E-state index in [2.05, 4.69) is 23.9 Å². The molecule has 1 amide bonds. The highest BCUT2D eigenvalue weighted by Crippen LogP contribution is 2.33. The third-order valence-electron chi connectivity index (χ3n) is 4.93. The maximum absolute atomic E-state index is 12.6.